The van der Waals surface area contributed by atoms with Crippen LogP contribution in [0.3, 0.4) is 0 Å². The van der Waals surface area contributed by atoms with Gasteiger partial charge in [-0.3, -0.25) is 0 Å². The van der Waals surface area contributed by atoms with Crippen LogP contribution in [0.1, 0.15) is 30.9 Å². The molecule has 1 aromatic rings. The fraction of sp³-hybridized carbons (Fsp3) is 0.538. The van der Waals surface area contributed by atoms with Crippen molar-refractivity contribution in [3.8, 4) is 11.5 Å². The quantitative estimate of drug-likeness (QED) is 0.901. The first-order valence-corrected chi connectivity index (χ1v) is 6.33. The molecule has 3 nitrogen and oxygen atoms in total. The molecule has 0 aromatic heterocycles. The standard InChI is InChI=1S/C13H15ClO3/c1-2-9-8(6-13(15)3-4-13)5-10-12(11(9)14)17-7-16-10/h5,15H,2-4,6-7H2,1H3. The number of rotatable bonds is 3. The number of hydrogen-bond donors (Lipinski definition) is 1. The third kappa shape index (κ3) is 1.87. The molecule has 0 radical (unpaired) electrons. The van der Waals surface area contributed by atoms with E-state index in [4.69, 9.17) is 21.1 Å². The number of hydrogen-bond acceptors (Lipinski definition) is 3. The third-order valence-corrected chi connectivity index (χ3v) is 3.90. The summed E-state index contributed by atoms with van der Waals surface area (Å²) < 4.78 is 10.7. The van der Waals surface area contributed by atoms with Gasteiger partial charge in [-0.1, -0.05) is 18.5 Å². The third-order valence-electron chi connectivity index (χ3n) is 3.50. The predicted molar refractivity (Wildman–Crippen MR) is 64.8 cm³/mol. The Hall–Kier alpha value is -0.930. The molecule has 1 aliphatic carbocycles. The van der Waals surface area contributed by atoms with Crippen molar-refractivity contribution in [1.29, 1.82) is 0 Å². The molecule has 1 aliphatic heterocycles. The lowest BCUT2D eigenvalue weighted by Crippen LogP contribution is -2.12. The molecule has 0 amide bonds. The average Bonchev–Trinajstić information content (AvgIpc) is 2.83. The van der Waals surface area contributed by atoms with Crippen molar-refractivity contribution in [3.05, 3.63) is 22.2 Å². The molecule has 1 aromatic carbocycles. The fourth-order valence-electron chi connectivity index (χ4n) is 2.31. The molecule has 0 unspecified atom stereocenters. The minimum Gasteiger partial charge on any atom is -0.454 e. The molecule has 4 heteroatoms. The Morgan fingerprint density at radius 2 is 2.18 bits per heavy atom. The lowest BCUT2D eigenvalue weighted by Gasteiger charge is -2.14. The Morgan fingerprint density at radius 1 is 1.41 bits per heavy atom. The van der Waals surface area contributed by atoms with Crippen molar-refractivity contribution >= 4 is 11.6 Å². The lowest BCUT2D eigenvalue weighted by atomic mass is 9.98. The highest BCUT2D eigenvalue weighted by Gasteiger charge is 2.41. The van der Waals surface area contributed by atoms with E-state index < -0.39 is 5.60 Å². The maximum Gasteiger partial charge on any atom is 0.231 e. The lowest BCUT2D eigenvalue weighted by molar-refractivity contribution is 0.150. The molecule has 2 aliphatic rings. The second-order valence-electron chi connectivity index (χ2n) is 4.82. The summed E-state index contributed by atoms with van der Waals surface area (Å²) >= 11 is 6.32. The minimum absolute atomic E-state index is 0.228. The highest BCUT2D eigenvalue weighted by Crippen LogP contribution is 2.46. The van der Waals surface area contributed by atoms with Gasteiger partial charge in [0.15, 0.2) is 11.5 Å². The molecule has 1 saturated carbocycles. The van der Waals surface area contributed by atoms with Crippen molar-refractivity contribution in [2.24, 2.45) is 0 Å². The van der Waals surface area contributed by atoms with Crippen LogP contribution in [0.25, 0.3) is 0 Å². The molecule has 1 N–H and O–H groups in total. The second-order valence-corrected chi connectivity index (χ2v) is 5.19. The number of fused-ring (bicyclic) bond motifs is 1. The summed E-state index contributed by atoms with van der Waals surface area (Å²) in [4.78, 5) is 0. The smallest absolute Gasteiger partial charge is 0.231 e. The summed E-state index contributed by atoms with van der Waals surface area (Å²) in [5, 5.41) is 10.7. The summed E-state index contributed by atoms with van der Waals surface area (Å²) in [6, 6.07) is 1.96. The van der Waals surface area contributed by atoms with Gasteiger partial charge in [0.2, 0.25) is 6.79 Å². The first kappa shape index (κ1) is 11.2. The van der Waals surface area contributed by atoms with Crippen molar-refractivity contribution in [3.63, 3.8) is 0 Å². The first-order chi connectivity index (χ1) is 8.13. The summed E-state index contributed by atoms with van der Waals surface area (Å²) in [5.41, 5.74) is 1.64. The largest absolute Gasteiger partial charge is 0.454 e. The monoisotopic (exact) mass is 254 g/mol. The van der Waals surface area contributed by atoms with Crippen LogP contribution in [0.5, 0.6) is 11.5 Å². The fourth-order valence-corrected chi connectivity index (χ4v) is 2.71. The number of aliphatic hydroxyl groups is 1. The second kappa shape index (κ2) is 3.79. The van der Waals surface area contributed by atoms with Gasteiger partial charge < -0.3 is 14.6 Å². The van der Waals surface area contributed by atoms with E-state index in [2.05, 4.69) is 6.92 Å². The van der Waals surface area contributed by atoms with Gasteiger partial charge in [0.25, 0.3) is 0 Å². The SMILES string of the molecule is CCc1c(CC2(O)CC2)cc2c(c1Cl)OCO2. The summed E-state index contributed by atoms with van der Waals surface area (Å²) in [5.74, 6) is 1.35. The molecule has 0 atom stereocenters. The van der Waals surface area contributed by atoms with E-state index in [1.165, 1.54) is 0 Å². The Morgan fingerprint density at radius 3 is 2.82 bits per heavy atom. The summed E-state index contributed by atoms with van der Waals surface area (Å²) in [7, 11) is 0. The molecule has 17 heavy (non-hydrogen) atoms. The van der Waals surface area contributed by atoms with Crippen LogP contribution < -0.4 is 9.47 Å². The average molecular weight is 255 g/mol. The maximum atomic E-state index is 10.0. The zero-order chi connectivity index (χ0) is 12.0. The van der Waals surface area contributed by atoms with Gasteiger partial charge in [-0.05, 0) is 36.5 Å². The van der Waals surface area contributed by atoms with Gasteiger partial charge >= 0.3 is 0 Å². The van der Waals surface area contributed by atoms with Crippen molar-refractivity contribution in [2.45, 2.75) is 38.2 Å². The molecule has 1 heterocycles. The van der Waals surface area contributed by atoms with E-state index in [9.17, 15) is 5.11 Å². The Kier molecular flexibility index (Phi) is 2.49. The van der Waals surface area contributed by atoms with Crippen molar-refractivity contribution in [2.75, 3.05) is 6.79 Å². The van der Waals surface area contributed by atoms with Crippen LogP contribution >= 0.6 is 11.6 Å². The number of halogens is 1. The van der Waals surface area contributed by atoms with Crippen molar-refractivity contribution in [1.82, 2.24) is 0 Å². The molecular formula is C13H15ClO3. The van der Waals surface area contributed by atoms with Crippen LogP contribution in [-0.2, 0) is 12.8 Å². The van der Waals surface area contributed by atoms with E-state index >= 15 is 0 Å². The molecular weight excluding hydrogens is 240 g/mol. The van der Waals surface area contributed by atoms with Gasteiger partial charge in [0, 0.05) is 6.42 Å². The van der Waals surface area contributed by atoms with Crippen LogP contribution in [0.2, 0.25) is 5.02 Å². The van der Waals surface area contributed by atoms with Crippen LogP contribution in [0.15, 0.2) is 6.07 Å². The number of ether oxygens (including phenoxy) is 2. The van der Waals surface area contributed by atoms with E-state index in [1.807, 2.05) is 6.07 Å². The highest BCUT2D eigenvalue weighted by molar-refractivity contribution is 6.33. The summed E-state index contributed by atoms with van der Waals surface area (Å²) in [6.07, 6.45) is 3.25. The topological polar surface area (TPSA) is 38.7 Å². The Labute approximate surface area is 105 Å². The molecule has 1 fully saturated rings. The van der Waals surface area contributed by atoms with E-state index in [0.717, 1.165) is 30.4 Å². The number of benzene rings is 1. The van der Waals surface area contributed by atoms with E-state index in [0.29, 0.717) is 22.9 Å². The molecule has 0 saturated heterocycles. The normalized spacial score (nSPS) is 19.5. The zero-order valence-corrected chi connectivity index (χ0v) is 10.5. The van der Waals surface area contributed by atoms with Gasteiger partial charge in [0.1, 0.15) is 0 Å². The summed E-state index contributed by atoms with van der Waals surface area (Å²) in [6.45, 7) is 2.29. The zero-order valence-electron chi connectivity index (χ0n) is 9.75. The maximum absolute atomic E-state index is 10.0. The molecule has 0 bridgehead atoms. The van der Waals surface area contributed by atoms with Gasteiger partial charge in [-0.25, -0.2) is 0 Å². The highest BCUT2D eigenvalue weighted by atomic mass is 35.5. The van der Waals surface area contributed by atoms with Gasteiger partial charge in [-0.2, -0.15) is 0 Å². The first-order valence-electron chi connectivity index (χ1n) is 5.95. The van der Waals surface area contributed by atoms with Gasteiger partial charge in [0.05, 0.1) is 10.6 Å². The molecule has 0 spiro atoms. The predicted octanol–water partition coefficient (Wildman–Crippen LogP) is 2.70. The van der Waals surface area contributed by atoms with E-state index in [-0.39, 0.29) is 6.79 Å². The van der Waals surface area contributed by atoms with Crippen LogP contribution in [0, 0.1) is 0 Å². The Balaban J connectivity index is 2.04. The molecule has 92 valence electrons. The van der Waals surface area contributed by atoms with Gasteiger partial charge in [-0.15, -0.1) is 0 Å². The molecule has 3 rings (SSSR count). The minimum atomic E-state index is -0.513. The van der Waals surface area contributed by atoms with E-state index in [1.54, 1.807) is 0 Å². The van der Waals surface area contributed by atoms with Crippen molar-refractivity contribution < 1.29 is 14.6 Å². The van der Waals surface area contributed by atoms with Crippen LogP contribution in [-0.4, -0.2) is 17.5 Å². The Bertz CT molecular complexity index is 466. The van der Waals surface area contributed by atoms with Crippen LogP contribution in [0.4, 0.5) is 0 Å².